The third-order valence-electron chi connectivity index (χ3n) is 7.90. The fourth-order valence-electron chi connectivity index (χ4n) is 6.22. The summed E-state index contributed by atoms with van der Waals surface area (Å²) in [5.41, 5.74) is 8.98. The predicted octanol–water partition coefficient (Wildman–Crippen LogP) is 0.229. The first-order chi connectivity index (χ1) is 17.4. The molecule has 37 heavy (non-hydrogen) atoms. The second-order valence-corrected chi connectivity index (χ2v) is 10.1. The summed E-state index contributed by atoms with van der Waals surface area (Å²) < 4.78 is 0. The van der Waals surface area contributed by atoms with Gasteiger partial charge in [0, 0.05) is 42.0 Å². The molecule has 0 unspecified atom stereocenters. The van der Waals surface area contributed by atoms with E-state index in [9.17, 15) is 39.9 Å². The molecule has 194 valence electrons. The van der Waals surface area contributed by atoms with Crippen LogP contribution in [0.15, 0.2) is 40.9 Å². The second-order valence-electron chi connectivity index (χ2n) is 10.1. The average Bonchev–Trinajstić information content (AvgIpc) is 2.84. The van der Waals surface area contributed by atoms with E-state index in [4.69, 9.17) is 11.5 Å². The number of nitrogens with zero attached hydrogens (tertiary/aromatic N) is 1. The van der Waals surface area contributed by atoms with Crippen LogP contribution >= 0.6 is 0 Å². The Balaban J connectivity index is 1.79. The minimum Gasteiger partial charge on any atom is -0.510 e. The second kappa shape index (κ2) is 8.04. The van der Waals surface area contributed by atoms with E-state index in [2.05, 4.69) is 0 Å². The molecular weight excluding hydrogens is 482 g/mol. The molecular formula is C26H27N3O8. The van der Waals surface area contributed by atoms with Gasteiger partial charge in [-0.25, -0.2) is 0 Å². The van der Waals surface area contributed by atoms with Crippen molar-refractivity contribution in [3.63, 3.8) is 0 Å². The zero-order valence-corrected chi connectivity index (χ0v) is 20.1. The normalized spacial score (nSPS) is 27.2. The highest BCUT2D eigenvalue weighted by Gasteiger charge is 2.62. The Morgan fingerprint density at radius 1 is 1.16 bits per heavy atom. The number of anilines is 1. The van der Waals surface area contributed by atoms with Gasteiger partial charge in [0.25, 0.3) is 5.91 Å². The van der Waals surface area contributed by atoms with Gasteiger partial charge in [-0.05, 0) is 36.0 Å². The van der Waals surface area contributed by atoms with Crippen molar-refractivity contribution in [2.45, 2.75) is 31.1 Å². The summed E-state index contributed by atoms with van der Waals surface area (Å²) in [7, 11) is 3.56. The molecule has 0 saturated carbocycles. The first kappa shape index (κ1) is 24.8. The molecule has 0 bridgehead atoms. The highest BCUT2D eigenvalue weighted by molar-refractivity contribution is 6.25. The number of Topliss-reactive ketones (excluding diaryl/α,β-unsaturated/α-hetero) is 2. The third-order valence-corrected chi connectivity index (χ3v) is 7.90. The van der Waals surface area contributed by atoms with Gasteiger partial charge in [0.1, 0.15) is 22.8 Å². The summed E-state index contributed by atoms with van der Waals surface area (Å²) in [6.07, 6.45) is 0.0824. The van der Waals surface area contributed by atoms with Crippen LogP contribution in [0.3, 0.4) is 0 Å². The first-order valence-corrected chi connectivity index (χ1v) is 11.7. The van der Waals surface area contributed by atoms with Crippen LogP contribution in [0.1, 0.15) is 27.9 Å². The van der Waals surface area contributed by atoms with Gasteiger partial charge >= 0.3 is 0 Å². The van der Waals surface area contributed by atoms with Crippen molar-refractivity contribution in [2.24, 2.45) is 23.3 Å². The number of nitrogens with two attached hydrogens (primary N) is 2. The number of benzene rings is 2. The van der Waals surface area contributed by atoms with E-state index < -0.39 is 58.0 Å². The number of hydrogen-bond acceptors (Lipinski definition) is 10. The Hall–Kier alpha value is -3.93. The molecule has 3 aliphatic rings. The van der Waals surface area contributed by atoms with Crippen LogP contribution in [-0.2, 0) is 22.6 Å². The number of amides is 1. The summed E-state index contributed by atoms with van der Waals surface area (Å²) in [5.74, 6) is -7.50. The quantitative estimate of drug-likeness (QED) is 0.280. The number of phenolic OH excluding ortho intramolecular Hbond substituents is 1. The van der Waals surface area contributed by atoms with Gasteiger partial charge in [-0.2, -0.15) is 0 Å². The van der Waals surface area contributed by atoms with Crippen LogP contribution in [-0.4, -0.2) is 68.7 Å². The molecule has 0 fully saturated rings. The lowest BCUT2D eigenvalue weighted by atomic mass is 9.59. The molecule has 0 aromatic heterocycles. The summed E-state index contributed by atoms with van der Waals surface area (Å²) in [6.45, 7) is -0.287. The number of aliphatic hydroxyl groups is 4. The number of phenols is 1. The number of aromatic hydroxyl groups is 1. The number of carbonyl (C=O) groups excluding carboxylic acids is 3. The summed E-state index contributed by atoms with van der Waals surface area (Å²) >= 11 is 0. The average molecular weight is 510 g/mol. The molecule has 4 atom stereocenters. The van der Waals surface area contributed by atoms with Crippen molar-refractivity contribution < 1.29 is 39.9 Å². The van der Waals surface area contributed by atoms with Gasteiger partial charge in [0.05, 0.1) is 18.2 Å². The molecule has 2 aromatic rings. The van der Waals surface area contributed by atoms with Gasteiger partial charge in [0.15, 0.2) is 11.4 Å². The van der Waals surface area contributed by atoms with Crippen molar-refractivity contribution in [2.75, 3.05) is 19.0 Å². The molecule has 3 aliphatic carbocycles. The van der Waals surface area contributed by atoms with E-state index in [1.165, 1.54) is 0 Å². The largest absolute Gasteiger partial charge is 0.510 e. The molecule has 0 spiro atoms. The number of primary amides is 1. The van der Waals surface area contributed by atoms with Crippen molar-refractivity contribution in [1.82, 2.24) is 0 Å². The lowest BCUT2D eigenvalue weighted by molar-refractivity contribution is -0.145. The lowest BCUT2D eigenvalue weighted by Gasteiger charge is -2.48. The van der Waals surface area contributed by atoms with Gasteiger partial charge in [-0.3, -0.25) is 14.4 Å². The van der Waals surface area contributed by atoms with E-state index in [1.54, 1.807) is 37.2 Å². The van der Waals surface area contributed by atoms with Gasteiger partial charge < -0.3 is 41.9 Å². The molecule has 0 heterocycles. The number of carbonyl (C=O) groups is 3. The van der Waals surface area contributed by atoms with Gasteiger partial charge in [-0.15, -0.1) is 0 Å². The minimum atomic E-state index is -2.75. The number of fused-ring (bicyclic) bond motifs is 4. The summed E-state index contributed by atoms with van der Waals surface area (Å²) in [6, 6.07) is 3.61. The maximum absolute atomic E-state index is 13.9. The van der Waals surface area contributed by atoms with Crippen LogP contribution in [0.5, 0.6) is 5.75 Å². The van der Waals surface area contributed by atoms with Crippen molar-refractivity contribution >= 4 is 33.9 Å². The van der Waals surface area contributed by atoms with Crippen molar-refractivity contribution in [3.8, 4) is 5.75 Å². The van der Waals surface area contributed by atoms with Crippen LogP contribution in [0.25, 0.3) is 10.8 Å². The summed E-state index contributed by atoms with van der Waals surface area (Å²) in [5, 5.41) is 54.9. The van der Waals surface area contributed by atoms with Crippen LogP contribution in [0.2, 0.25) is 0 Å². The predicted molar refractivity (Wildman–Crippen MR) is 132 cm³/mol. The standard InChI is InChI=1S/C26H27N3O8/c1-29(2)19-11-4-3-9(8-30)5-12(11)20(31)16-13(19)6-10-7-14-18(27)22(33)17(25(28)36)24(35)26(14,37)23(34)15(10)21(16)32/h3-5,10,14,18,30-31,33-34,37H,6-8,27H2,1-2H3,(H2,28,36)/t10-,14-,18-,26-/m0/s1. The lowest BCUT2D eigenvalue weighted by Crippen LogP contribution is -2.63. The van der Waals surface area contributed by atoms with Gasteiger partial charge in [0.2, 0.25) is 5.78 Å². The molecule has 9 N–H and O–H groups in total. The van der Waals surface area contributed by atoms with Gasteiger partial charge in [-0.1, -0.05) is 12.1 Å². The Morgan fingerprint density at radius 2 is 1.84 bits per heavy atom. The molecule has 0 radical (unpaired) electrons. The number of hydrogen-bond donors (Lipinski definition) is 7. The minimum absolute atomic E-state index is 0.0702. The molecule has 5 rings (SSSR count). The summed E-state index contributed by atoms with van der Waals surface area (Å²) in [4.78, 5) is 40.7. The molecule has 11 heteroatoms. The maximum atomic E-state index is 13.9. The van der Waals surface area contributed by atoms with Crippen molar-refractivity contribution in [1.29, 1.82) is 0 Å². The van der Waals surface area contributed by atoms with Crippen LogP contribution in [0.4, 0.5) is 5.69 Å². The number of allylic oxidation sites excluding steroid dienone is 1. The van der Waals surface area contributed by atoms with Crippen LogP contribution < -0.4 is 16.4 Å². The van der Waals surface area contributed by atoms with E-state index in [1.807, 2.05) is 0 Å². The SMILES string of the molecule is CN(C)c1c2c(c(O)c3cc(CO)ccc13)C(=O)C1=C(O)[C@]3(O)C(=O)C(C(N)=O)=C(O)[C@@H](N)[C@@H]3C[C@@H]1C2. The zero-order chi connectivity index (χ0) is 27.1. The fourth-order valence-corrected chi connectivity index (χ4v) is 6.22. The molecule has 11 nitrogen and oxygen atoms in total. The highest BCUT2D eigenvalue weighted by atomic mass is 16.3. The molecule has 0 saturated heterocycles. The van der Waals surface area contributed by atoms with E-state index in [-0.39, 0.29) is 36.3 Å². The Labute approximate surface area is 210 Å². The molecule has 0 aliphatic heterocycles. The zero-order valence-electron chi connectivity index (χ0n) is 20.1. The number of rotatable bonds is 3. The van der Waals surface area contributed by atoms with E-state index in [0.717, 1.165) is 0 Å². The first-order valence-electron chi connectivity index (χ1n) is 11.7. The van der Waals surface area contributed by atoms with Crippen LogP contribution in [0, 0.1) is 11.8 Å². The fraction of sp³-hybridized carbons (Fsp3) is 0.346. The number of ketones is 2. The maximum Gasteiger partial charge on any atom is 0.255 e. The van der Waals surface area contributed by atoms with E-state index >= 15 is 0 Å². The smallest absolute Gasteiger partial charge is 0.255 e. The topological polar surface area (TPSA) is 208 Å². The van der Waals surface area contributed by atoms with Crippen molar-refractivity contribution in [3.05, 3.63) is 57.6 Å². The monoisotopic (exact) mass is 509 g/mol. The van der Waals surface area contributed by atoms with E-state index in [0.29, 0.717) is 27.6 Å². The Kier molecular flexibility index (Phi) is 5.38. The number of aliphatic hydroxyl groups excluding tert-OH is 3. The Morgan fingerprint density at radius 3 is 2.43 bits per heavy atom. The third kappa shape index (κ3) is 3.08. The molecule has 2 aromatic carbocycles. The Bertz CT molecular complexity index is 1490. The molecule has 1 amide bonds. The highest BCUT2D eigenvalue weighted by Crippen LogP contribution is 2.53.